The number of hydrogen-bond acceptors (Lipinski definition) is 6. The van der Waals surface area contributed by atoms with Crippen molar-refractivity contribution < 1.29 is 20.4 Å². The van der Waals surface area contributed by atoms with Gasteiger partial charge in [-0.3, -0.25) is 14.2 Å². The number of hydrogen-bond donors (Lipinski definition) is 4. The molecule has 3 atom stereocenters. The predicted octanol–water partition coefficient (Wildman–Crippen LogP) is -0.464. The van der Waals surface area contributed by atoms with E-state index >= 15 is 0 Å². The van der Waals surface area contributed by atoms with Crippen molar-refractivity contribution in [3.8, 4) is 0 Å². The monoisotopic (exact) mass is 392 g/mol. The SMILES string of the molecule is Cc1cc2c3c(c1C)C(C)(C)CCn3c(=O)c(=O)n2C[C@@H](O)[C@H](O)[C@H](O)CO. The zero-order valence-electron chi connectivity index (χ0n) is 16.6. The first kappa shape index (κ1) is 20.7. The Labute approximate surface area is 162 Å². The Morgan fingerprint density at radius 3 is 2.36 bits per heavy atom. The number of aryl methyl sites for hydroxylation is 2. The molecule has 1 aromatic heterocycles. The molecule has 0 aliphatic carbocycles. The molecule has 0 unspecified atom stereocenters. The Morgan fingerprint density at radius 2 is 1.75 bits per heavy atom. The van der Waals surface area contributed by atoms with E-state index in [1.165, 1.54) is 9.13 Å². The molecule has 0 radical (unpaired) electrons. The molecule has 8 nitrogen and oxygen atoms in total. The van der Waals surface area contributed by atoms with Crippen LogP contribution in [-0.2, 0) is 18.5 Å². The van der Waals surface area contributed by atoms with Gasteiger partial charge in [-0.2, -0.15) is 0 Å². The average molecular weight is 392 g/mol. The van der Waals surface area contributed by atoms with Gasteiger partial charge < -0.3 is 25.0 Å². The fourth-order valence-electron chi connectivity index (χ4n) is 4.20. The third-order valence-electron chi connectivity index (χ3n) is 6.02. The van der Waals surface area contributed by atoms with Crippen LogP contribution in [0, 0.1) is 13.8 Å². The van der Waals surface area contributed by atoms with Gasteiger partial charge in [0.05, 0.1) is 24.2 Å². The molecule has 0 bridgehead atoms. The van der Waals surface area contributed by atoms with E-state index in [2.05, 4.69) is 13.8 Å². The zero-order valence-corrected chi connectivity index (χ0v) is 16.6. The minimum Gasteiger partial charge on any atom is -0.394 e. The lowest BCUT2D eigenvalue weighted by Crippen LogP contribution is -2.48. The molecule has 0 saturated heterocycles. The maximum atomic E-state index is 12.8. The molecule has 2 aromatic rings. The summed E-state index contributed by atoms with van der Waals surface area (Å²) in [5, 5.41) is 38.8. The molecule has 4 N–H and O–H groups in total. The molecule has 0 spiro atoms. The van der Waals surface area contributed by atoms with Crippen LogP contribution < -0.4 is 11.1 Å². The highest BCUT2D eigenvalue weighted by atomic mass is 16.4. The van der Waals surface area contributed by atoms with Crippen molar-refractivity contribution in [1.82, 2.24) is 9.13 Å². The van der Waals surface area contributed by atoms with Gasteiger partial charge in [0.1, 0.15) is 18.3 Å². The maximum Gasteiger partial charge on any atom is 0.317 e. The standard InChI is InChI=1S/C20H28N2O6/c1-10-7-12-16-15(11(10)2)20(3,4)5-6-21(16)18(27)19(28)22(12)8-13(24)17(26)14(25)9-23/h7,13-14,17,23-26H,5-6,8-9H2,1-4H3/t13-,14-,17+/m1/s1. The number of benzene rings is 1. The van der Waals surface area contributed by atoms with E-state index in [4.69, 9.17) is 5.11 Å². The molecule has 0 amide bonds. The molecule has 3 rings (SSSR count). The second-order valence-electron chi connectivity index (χ2n) is 8.38. The molecule has 1 aromatic carbocycles. The second kappa shape index (κ2) is 7.11. The summed E-state index contributed by atoms with van der Waals surface area (Å²) in [7, 11) is 0. The Kier molecular flexibility index (Phi) is 5.26. The van der Waals surface area contributed by atoms with Crippen LogP contribution in [0.5, 0.6) is 0 Å². The first-order valence-electron chi connectivity index (χ1n) is 9.44. The first-order chi connectivity index (χ1) is 13.0. The largest absolute Gasteiger partial charge is 0.394 e. The summed E-state index contributed by atoms with van der Waals surface area (Å²) in [6.07, 6.45) is -3.99. The van der Waals surface area contributed by atoms with Crippen molar-refractivity contribution in [2.45, 2.75) is 70.9 Å². The van der Waals surface area contributed by atoms with Gasteiger partial charge in [-0.1, -0.05) is 13.8 Å². The number of aliphatic hydroxyl groups is 4. The number of rotatable bonds is 5. The van der Waals surface area contributed by atoms with E-state index in [1.807, 2.05) is 19.9 Å². The predicted molar refractivity (Wildman–Crippen MR) is 105 cm³/mol. The van der Waals surface area contributed by atoms with Crippen molar-refractivity contribution in [3.63, 3.8) is 0 Å². The van der Waals surface area contributed by atoms with Crippen LogP contribution in [0.1, 0.15) is 37.0 Å². The molecule has 154 valence electrons. The summed E-state index contributed by atoms with van der Waals surface area (Å²) in [5.74, 6) is 0. The summed E-state index contributed by atoms with van der Waals surface area (Å²) in [6.45, 7) is 7.47. The van der Waals surface area contributed by atoms with Gasteiger partial charge in [0.2, 0.25) is 0 Å². The Hall–Kier alpha value is -2.00. The normalized spacial score (nSPS) is 18.9. The van der Waals surface area contributed by atoms with Crippen LogP contribution in [0.3, 0.4) is 0 Å². The van der Waals surface area contributed by atoms with E-state index in [0.29, 0.717) is 17.6 Å². The van der Waals surface area contributed by atoms with Crippen LogP contribution in [0.4, 0.5) is 0 Å². The smallest absolute Gasteiger partial charge is 0.317 e. The minimum atomic E-state index is -1.65. The van der Waals surface area contributed by atoms with E-state index in [1.54, 1.807) is 0 Å². The Bertz CT molecular complexity index is 1040. The minimum absolute atomic E-state index is 0.186. The van der Waals surface area contributed by atoms with Gasteiger partial charge in [0.25, 0.3) is 0 Å². The fraction of sp³-hybridized carbons (Fsp3) is 0.600. The van der Waals surface area contributed by atoms with Crippen molar-refractivity contribution in [2.75, 3.05) is 6.61 Å². The highest BCUT2D eigenvalue weighted by molar-refractivity contribution is 5.83. The van der Waals surface area contributed by atoms with E-state index in [0.717, 1.165) is 23.1 Å². The van der Waals surface area contributed by atoms with Crippen LogP contribution in [0.15, 0.2) is 15.7 Å². The summed E-state index contributed by atoms with van der Waals surface area (Å²) < 4.78 is 2.68. The lowest BCUT2D eigenvalue weighted by molar-refractivity contribution is -0.0805. The van der Waals surface area contributed by atoms with E-state index in [9.17, 15) is 24.9 Å². The molecule has 28 heavy (non-hydrogen) atoms. The zero-order chi connectivity index (χ0) is 21.0. The van der Waals surface area contributed by atoms with E-state index < -0.39 is 36.0 Å². The summed E-state index contributed by atoms with van der Waals surface area (Å²) >= 11 is 0. The van der Waals surface area contributed by atoms with E-state index in [-0.39, 0.29) is 12.0 Å². The van der Waals surface area contributed by atoms with Crippen molar-refractivity contribution in [1.29, 1.82) is 0 Å². The van der Waals surface area contributed by atoms with Crippen molar-refractivity contribution in [2.24, 2.45) is 0 Å². The quantitative estimate of drug-likeness (QED) is 0.510. The number of aromatic nitrogens is 2. The second-order valence-corrected chi connectivity index (χ2v) is 8.38. The van der Waals surface area contributed by atoms with Gasteiger partial charge in [-0.05, 0) is 48.4 Å². The Morgan fingerprint density at radius 1 is 1.11 bits per heavy atom. The van der Waals surface area contributed by atoms with Crippen LogP contribution in [0.2, 0.25) is 0 Å². The Balaban J connectivity index is 2.31. The summed E-state index contributed by atoms with van der Waals surface area (Å²) in [5.41, 5.74) is 2.57. The summed E-state index contributed by atoms with van der Waals surface area (Å²) in [6, 6.07) is 1.81. The molecule has 0 fully saturated rings. The van der Waals surface area contributed by atoms with Gasteiger partial charge in [-0.15, -0.1) is 0 Å². The maximum absolute atomic E-state index is 12.8. The van der Waals surface area contributed by atoms with Gasteiger partial charge in [0.15, 0.2) is 0 Å². The lowest BCUT2D eigenvalue weighted by Gasteiger charge is -2.36. The van der Waals surface area contributed by atoms with Crippen LogP contribution in [-0.4, -0.2) is 54.5 Å². The highest BCUT2D eigenvalue weighted by Gasteiger charge is 2.34. The van der Waals surface area contributed by atoms with Crippen molar-refractivity contribution in [3.05, 3.63) is 43.5 Å². The van der Waals surface area contributed by atoms with Gasteiger partial charge in [0, 0.05) is 6.54 Å². The van der Waals surface area contributed by atoms with Gasteiger partial charge in [-0.25, -0.2) is 0 Å². The highest BCUT2D eigenvalue weighted by Crippen LogP contribution is 2.39. The average Bonchev–Trinajstić information content (AvgIpc) is 2.65. The molecule has 1 aliphatic heterocycles. The van der Waals surface area contributed by atoms with Crippen molar-refractivity contribution >= 4 is 11.0 Å². The molecular formula is C20H28N2O6. The summed E-state index contributed by atoms with van der Waals surface area (Å²) in [4.78, 5) is 25.5. The topological polar surface area (TPSA) is 125 Å². The third-order valence-corrected chi connectivity index (χ3v) is 6.02. The van der Waals surface area contributed by atoms with Crippen LogP contribution >= 0.6 is 0 Å². The van der Waals surface area contributed by atoms with Gasteiger partial charge >= 0.3 is 11.1 Å². The molecule has 0 saturated carbocycles. The molecule has 2 heterocycles. The third kappa shape index (κ3) is 3.10. The number of aliphatic hydroxyl groups excluding tert-OH is 4. The molecule has 1 aliphatic rings. The fourth-order valence-corrected chi connectivity index (χ4v) is 4.20. The molecular weight excluding hydrogens is 364 g/mol. The van der Waals surface area contributed by atoms with Crippen LogP contribution in [0.25, 0.3) is 11.0 Å². The molecule has 8 heteroatoms. The first-order valence-corrected chi connectivity index (χ1v) is 9.44. The number of nitrogens with zero attached hydrogens (tertiary/aromatic N) is 2. The lowest BCUT2D eigenvalue weighted by atomic mass is 9.75.